The molecule has 1 aromatic rings. The van der Waals surface area contributed by atoms with Gasteiger partial charge in [0.2, 0.25) is 5.91 Å². The van der Waals surface area contributed by atoms with Crippen molar-refractivity contribution in [1.29, 1.82) is 0 Å². The highest BCUT2D eigenvalue weighted by atomic mass is 16.2. The van der Waals surface area contributed by atoms with E-state index in [2.05, 4.69) is 10.6 Å². The van der Waals surface area contributed by atoms with E-state index in [9.17, 15) is 4.79 Å². The Labute approximate surface area is 109 Å². The molecular weight excluding hydrogens is 224 g/mol. The van der Waals surface area contributed by atoms with E-state index in [-0.39, 0.29) is 11.9 Å². The Morgan fingerprint density at radius 2 is 1.94 bits per heavy atom. The second-order valence-electron chi connectivity index (χ2n) is 5.14. The maximum atomic E-state index is 11.9. The van der Waals surface area contributed by atoms with Crippen LogP contribution in [0.2, 0.25) is 0 Å². The first-order chi connectivity index (χ1) is 8.75. The molecule has 1 aromatic carbocycles. The topological polar surface area (TPSA) is 41.1 Å². The molecule has 0 aliphatic heterocycles. The lowest BCUT2D eigenvalue weighted by molar-refractivity contribution is -0.117. The Balaban J connectivity index is 1.74. The van der Waals surface area contributed by atoms with Crippen LogP contribution in [0.15, 0.2) is 30.3 Å². The van der Waals surface area contributed by atoms with Gasteiger partial charge in [-0.25, -0.2) is 0 Å². The molecule has 0 saturated heterocycles. The molecule has 1 unspecified atom stereocenters. The van der Waals surface area contributed by atoms with Crippen molar-refractivity contribution >= 4 is 11.6 Å². The maximum Gasteiger partial charge on any atom is 0.241 e. The molecule has 0 aromatic heterocycles. The van der Waals surface area contributed by atoms with E-state index in [1.54, 1.807) is 0 Å². The maximum absolute atomic E-state index is 11.9. The van der Waals surface area contributed by atoms with E-state index >= 15 is 0 Å². The van der Waals surface area contributed by atoms with Gasteiger partial charge in [0.25, 0.3) is 0 Å². The number of anilines is 1. The molecule has 98 valence electrons. The molecule has 0 spiro atoms. The van der Waals surface area contributed by atoms with Crippen LogP contribution in [0.25, 0.3) is 0 Å². The Hall–Kier alpha value is -1.35. The molecule has 0 heterocycles. The summed E-state index contributed by atoms with van der Waals surface area (Å²) in [5.74, 6) is 0.802. The normalized spacial score (nSPS) is 17.6. The van der Waals surface area contributed by atoms with E-state index in [4.69, 9.17) is 0 Å². The van der Waals surface area contributed by atoms with Crippen molar-refractivity contribution in [2.24, 2.45) is 5.92 Å². The highest BCUT2D eigenvalue weighted by Crippen LogP contribution is 2.23. The lowest BCUT2D eigenvalue weighted by Gasteiger charge is -2.16. The average Bonchev–Trinajstić information content (AvgIpc) is 2.90. The minimum atomic E-state index is -0.134. The minimum Gasteiger partial charge on any atom is -0.325 e. The number of hydrogen-bond donors (Lipinski definition) is 2. The van der Waals surface area contributed by atoms with Gasteiger partial charge in [-0.05, 0) is 44.4 Å². The van der Waals surface area contributed by atoms with Crippen LogP contribution in [-0.4, -0.2) is 18.5 Å². The highest BCUT2D eigenvalue weighted by Gasteiger charge is 2.18. The first-order valence-corrected chi connectivity index (χ1v) is 6.85. The standard InChI is InChI=1S/C15H22N2O/c1-12(16-11-13-7-5-6-8-13)15(18)17-14-9-3-2-4-10-14/h2-4,9-10,12-13,16H,5-8,11H2,1H3,(H,17,18). The van der Waals surface area contributed by atoms with Gasteiger partial charge >= 0.3 is 0 Å². The van der Waals surface area contributed by atoms with Crippen molar-refractivity contribution in [2.45, 2.75) is 38.6 Å². The van der Waals surface area contributed by atoms with Crippen molar-refractivity contribution in [3.8, 4) is 0 Å². The van der Waals surface area contributed by atoms with Crippen molar-refractivity contribution in [1.82, 2.24) is 5.32 Å². The summed E-state index contributed by atoms with van der Waals surface area (Å²) < 4.78 is 0. The van der Waals surface area contributed by atoms with Gasteiger partial charge in [-0.3, -0.25) is 4.79 Å². The van der Waals surface area contributed by atoms with Crippen LogP contribution in [0.3, 0.4) is 0 Å². The van der Waals surface area contributed by atoms with Gasteiger partial charge in [0.15, 0.2) is 0 Å². The first kappa shape index (κ1) is 13.1. The van der Waals surface area contributed by atoms with Crippen molar-refractivity contribution in [2.75, 3.05) is 11.9 Å². The summed E-state index contributed by atoms with van der Waals surface area (Å²) in [7, 11) is 0. The summed E-state index contributed by atoms with van der Waals surface area (Å²) in [5, 5.41) is 6.25. The summed E-state index contributed by atoms with van der Waals surface area (Å²) in [5.41, 5.74) is 0.858. The van der Waals surface area contributed by atoms with Crippen LogP contribution >= 0.6 is 0 Å². The second-order valence-corrected chi connectivity index (χ2v) is 5.14. The molecule has 1 aliphatic rings. The number of nitrogens with one attached hydrogen (secondary N) is 2. The predicted octanol–water partition coefficient (Wildman–Crippen LogP) is 2.79. The molecule has 0 radical (unpaired) electrons. The fraction of sp³-hybridized carbons (Fsp3) is 0.533. The van der Waals surface area contributed by atoms with Crippen LogP contribution < -0.4 is 10.6 Å². The molecule has 18 heavy (non-hydrogen) atoms. The SMILES string of the molecule is CC(NCC1CCCC1)C(=O)Nc1ccccc1. The fourth-order valence-corrected chi connectivity index (χ4v) is 2.42. The molecule has 0 bridgehead atoms. The van der Waals surface area contributed by atoms with Crippen molar-refractivity contribution in [3.63, 3.8) is 0 Å². The minimum absolute atomic E-state index is 0.0409. The van der Waals surface area contributed by atoms with Gasteiger partial charge in [0.1, 0.15) is 0 Å². The summed E-state index contributed by atoms with van der Waals surface area (Å²) in [6.45, 7) is 2.89. The third-order valence-corrected chi connectivity index (χ3v) is 3.62. The molecule has 2 N–H and O–H groups in total. The number of para-hydroxylation sites is 1. The van der Waals surface area contributed by atoms with Crippen molar-refractivity contribution in [3.05, 3.63) is 30.3 Å². The highest BCUT2D eigenvalue weighted by molar-refractivity contribution is 5.94. The first-order valence-electron chi connectivity index (χ1n) is 6.85. The summed E-state index contributed by atoms with van der Waals surface area (Å²) in [6, 6.07) is 9.46. The third kappa shape index (κ3) is 3.84. The van der Waals surface area contributed by atoms with Crippen LogP contribution in [0, 0.1) is 5.92 Å². The molecule has 1 saturated carbocycles. The molecule has 1 atom stereocenters. The van der Waals surface area contributed by atoms with Gasteiger partial charge in [-0.15, -0.1) is 0 Å². The molecule has 2 rings (SSSR count). The van der Waals surface area contributed by atoms with Crippen LogP contribution in [-0.2, 0) is 4.79 Å². The van der Waals surface area contributed by atoms with Crippen LogP contribution in [0.4, 0.5) is 5.69 Å². The van der Waals surface area contributed by atoms with Crippen molar-refractivity contribution < 1.29 is 4.79 Å². The Bertz CT molecular complexity index is 371. The number of amides is 1. The zero-order valence-electron chi connectivity index (χ0n) is 11.0. The van der Waals surface area contributed by atoms with E-state index in [1.807, 2.05) is 37.3 Å². The van der Waals surface area contributed by atoms with E-state index in [0.29, 0.717) is 0 Å². The Kier molecular flexibility index (Phi) is 4.76. The monoisotopic (exact) mass is 246 g/mol. The van der Waals surface area contributed by atoms with Gasteiger partial charge in [-0.1, -0.05) is 31.0 Å². The lowest BCUT2D eigenvalue weighted by atomic mass is 10.1. The molecule has 1 amide bonds. The number of hydrogen-bond acceptors (Lipinski definition) is 2. The van der Waals surface area contributed by atoms with Gasteiger partial charge in [-0.2, -0.15) is 0 Å². The Morgan fingerprint density at radius 3 is 2.61 bits per heavy atom. The van der Waals surface area contributed by atoms with Gasteiger partial charge in [0.05, 0.1) is 6.04 Å². The predicted molar refractivity (Wildman–Crippen MR) is 74.5 cm³/mol. The molecule has 3 heteroatoms. The number of carbonyl (C=O) groups excluding carboxylic acids is 1. The van der Waals surface area contributed by atoms with Gasteiger partial charge in [0, 0.05) is 5.69 Å². The van der Waals surface area contributed by atoms with E-state index in [0.717, 1.165) is 18.2 Å². The molecule has 1 aliphatic carbocycles. The molecule has 1 fully saturated rings. The lowest BCUT2D eigenvalue weighted by Crippen LogP contribution is -2.40. The smallest absolute Gasteiger partial charge is 0.241 e. The van der Waals surface area contributed by atoms with Crippen LogP contribution in [0.5, 0.6) is 0 Å². The summed E-state index contributed by atoms with van der Waals surface area (Å²) in [6.07, 6.45) is 5.30. The fourth-order valence-electron chi connectivity index (χ4n) is 2.42. The number of carbonyl (C=O) groups is 1. The third-order valence-electron chi connectivity index (χ3n) is 3.62. The Morgan fingerprint density at radius 1 is 1.28 bits per heavy atom. The molecule has 3 nitrogen and oxygen atoms in total. The van der Waals surface area contributed by atoms with Crippen LogP contribution in [0.1, 0.15) is 32.6 Å². The summed E-state index contributed by atoms with van der Waals surface area (Å²) in [4.78, 5) is 11.9. The van der Waals surface area contributed by atoms with Gasteiger partial charge < -0.3 is 10.6 Å². The average molecular weight is 246 g/mol. The summed E-state index contributed by atoms with van der Waals surface area (Å²) >= 11 is 0. The quantitative estimate of drug-likeness (QED) is 0.838. The largest absolute Gasteiger partial charge is 0.325 e. The molecular formula is C15H22N2O. The van der Waals surface area contributed by atoms with E-state index < -0.39 is 0 Å². The zero-order valence-corrected chi connectivity index (χ0v) is 11.0. The zero-order chi connectivity index (χ0) is 12.8. The number of benzene rings is 1. The number of rotatable bonds is 5. The second kappa shape index (κ2) is 6.55. The van der Waals surface area contributed by atoms with E-state index in [1.165, 1.54) is 25.7 Å².